The zero-order valence-electron chi connectivity index (χ0n) is 23.1. The molecule has 5 unspecified atom stereocenters. The van der Waals surface area contributed by atoms with Crippen LogP contribution in [0.1, 0.15) is 30.0 Å². The third-order valence-electron chi connectivity index (χ3n) is 8.35. The van der Waals surface area contributed by atoms with Gasteiger partial charge >= 0.3 is 6.18 Å². The number of hydrogen-bond donors (Lipinski definition) is 6. The molecule has 0 heterocycles. The van der Waals surface area contributed by atoms with Gasteiger partial charge in [-0.15, -0.1) is 0 Å². The van der Waals surface area contributed by atoms with E-state index in [1.807, 2.05) is 0 Å². The van der Waals surface area contributed by atoms with Crippen molar-refractivity contribution in [3.8, 4) is 5.75 Å². The van der Waals surface area contributed by atoms with E-state index in [9.17, 15) is 48.0 Å². The van der Waals surface area contributed by atoms with Gasteiger partial charge in [0, 0.05) is 43.4 Å². The van der Waals surface area contributed by atoms with Gasteiger partial charge in [0.1, 0.15) is 28.9 Å². The number of ketones is 2. The number of likely N-dealkylation sites (N-methyl/N-ethyl adjacent to an activating group) is 1. The molecule has 3 aliphatic carbocycles. The second-order valence-corrected chi connectivity index (χ2v) is 11.3. The minimum Gasteiger partial charge on any atom is -0.508 e. The van der Waals surface area contributed by atoms with E-state index < -0.39 is 82.6 Å². The first-order chi connectivity index (χ1) is 18.8. The lowest BCUT2D eigenvalue weighted by Gasteiger charge is -2.50. The largest absolute Gasteiger partial charge is 0.508 e. The van der Waals surface area contributed by atoms with Crippen LogP contribution in [0.15, 0.2) is 23.0 Å². The number of aliphatic hydroxyl groups excluding tert-OH is 2. The number of nitrogens with one attached hydrogen (secondary N) is 1. The second kappa shape index (κ2) is 10.0. The van der Waals surface area contributed by atoms with Gasteiger partial charge in [0.25, 0.3) is 5.91 Å². The van der Waals surface area contributed by atoms with Crippen molar-refractivity contribution in [1.82, 2.24) is 10.2 Å². The quantitative estimate of drug-likeness (QED) is 0.266. The Morgan fingerprint density at radius 2 is 1.80 bits per heavy atom. The standard InChI is InChI=1S/C27H33F3N4O7/c1-10(27(28,29)30)32-9-12-8-15(33(2)3)13-6-11-7-14-19(34(4)5)22(37)18(25(31)40)24(39)26(14,41)23(38)16(11)21(36)17(13)20(12)35/h8,10-11,14,19,32,35-36,39,41H,6-7,9H2,1-5H3,(H2,31,40). The first-order valence-electron chi connectivity index (χ1n) is 12.8. The summed E-state index contributed by atoms with van der Waals surface area (Å²) in [5.41, 5.74) is 1.98. The smallest absolute Gasteiger partial charge is 0.403 e. The van der Waals surface area contributed by atoms with E-state index in [1.165, 1.54) is 25.1 Å². The van der Waals surface area contributed by atoms with Crippen LogP contribution < -0.4 is 16.0 Å². The maximum absolute atomic E-state index is 14.0. The SMILES string of the molecule is CC(NCc1cc(N(C)C)c2c(c1O)C(O)=C1C(=O)C3(O)C(O)=C(C(N)=O)C(=O)C(N(C)C)C3CC1C2)C(F)(F)F. The number of Topliss-reactive ketones (excluding diaryl/α,β-unsaturated/α-hetero) is 2. The van der Waals surface area contributed by atoms with Crippen LogP contribution in [0, 0.1) is 11.8 Å². The van der Waals surface area contributed by atoms with Crippen molar-refractivity contribution >= 4 is 28.9 Å². The zero-order chi connectivity index (χ0) is 30.9. The molecule has 0 aromatic heterocycles. The summed E-state index contributed by atoms with van der Waals surface area (Å²) in [5.74, 6) is -7.83. The number of nitrogens with zero attached hydrogens (tertiary/aromatic N) is 2. The number of alkyl halides is 3. The number of carbonyl (C=O) groups excluding carboxylic acids is 3. The molecule has 0 aliphatic heterocycles. The molecule has 11 nitrogen and oxygen atoms in total. The highest BCUT2D eigenvalue weighted by Gasteiger charge is 2.64. The minimum atomic E-state index is -4.54. The van der Waals surface area contributed by atoms with Crippen LogP contribution in [-0.2, 0) is 27.3 Å². The molecular weight excluding hydrogens is 549 g/mol. The van der Waals surface area contributed by atoms with E-state index in [4.69, 9.17) is 5.73 Å². The Balaban J connectivity index is 1.92. The van der Waals surface area contributed by atoms with Crippen LogP contribution in [0.2, 0.25) is 0 Å². The highest BCUT2D eigenvalue weighted by Crippen LogP contribution is 2.54. The van der Waals surface area contributed by atoms with E-state index >= 15 is 0 Å². The zero-order valence-corrected chi connectivity index (χ0v) is 23.1. The molecule has 0 saturated heterocycles. The van der Waals surface area contributed by atoms with Gasteiger partial charge in [0.05, 0.1) is 11.6 Å². The minimum absolute atomic E-state index is 0.0173. The summed E-state index contributed by atoms with van der Waals surface area (Å²) < 4.78 is 39.3. The fraction of sp³-hybridized carbons (Fsp3) is 0.519. The van der Waals surface area contributed by atoms with E-state index in [0.717, 1.165) is 6.92 Å². The second-order valence-electron chi connectivity index (χ2n) is 11.3. The third-order valence-corrected chi connectivity index (χ3v) is 8.35. The van der Waals surface area contributed by atoms with Crippen molar-refractivity contribution in [3.63, 3.8) is 0 Å². The van der Waals surface area contributed by atoms with Crippen LogP contribution in [-0.4, -0.2) is 94.9 Å². The Kier molecular flexibility index (Phi) is 7.42. The lowest BCUT2D eigenvalue weighted by Crippen LogP contribution is -2.65. The predicted octanol–water partition coefficient (Wildman–Crippen LogP) is 1.07. The van der Waals surface area contributed by atoms with Crippen molar-refractivity contribution in [2.75, 3.05) is 33.1 Å². The lowest BCUT2D eigenvalue weighted by molar-refractivity contribution is -0.154. The topological polar surface area (TPSA) is 177 Å². The van der Waals surface area contributed by atoms with Gasteiger partial charge in [-0.3, -0.25) is 19.3 Å². The summed E-state index contributed by atoms with van der Waals surface area (Å²) in [4.78, 5) is 42.3. The average molecular weight is 583 g/mol. The summed E-state index contributed by atoms with van der Waals surface area (Å²) in [6.07, 6.45) is -4.56. The van der Waals surface area contributed by atoms with E-state index in [-0.39, 0.29) is 29.5 Å². The predicted molar refractivity (Wildman–Crippen MR) is 141 cm³/mol. The molecule has 1 saturated carbocycles. The molecule has 4 rings (SSSR count). The number of amides is 1. The van der Waals surface area contributed by atoms with Crippen molar-refractivity contribution < 1.29 is 48.0 Å². The number of aromatic hydroxyl groups is 1. The number of primary amides is 1. The van der Waals surface area contributed by atoms with Crippen LogP contribution >= 0.6 is 0 Å². The number of nitrogens with two attached hydrogens (primary N) is 1. The first-order valence-corrected chi connectivity index (χ1v) is 12.8. The van der Waals surface area contributed by atoms with Crippen LogP contribution in [0.25, 0.3) is 5.76 Å². The molecule has 1 aromatic carbocycles. The summed E-state index contributed by atoms with van der Waals surface area (Å²) >= 11 is 0. The van der Waals surface area contributed by atoms with Crippen LogP contribution in [0.5, 0.6) is 5.75 Å². The van der Waals surface area contributed by atoms with E-state index in [1.54, 1.807) is 19.0 Å². The van der Waals surface area contributed by atoms with Crippen molar-refractivity contribution in [2.45, 2.75) is 50.2 Å². The number of phenolic OH excluding ortho intramolecular Hbond substituents is 1. The molecule has 1 amide bonds. The lowest BCUT2D eigenvalue weighted by atomic mass is 9.57. The molecule has 41 heavy (non-hydrogen) atoms. The monoisotopic (exact) mass is 582 g/mol. The van der Waals surface area contributed by atoms with E-state index in [2.05, 4.69) is 5.32 Å². The molecule has 3 aliphatic rings. The number of rotatable bonds is 6. The van der Waals surface area contributed by atoms with Crippen LogP contribution in [0.3, 0.4) is 0 Å². The maximum atomic E-state index is 14.0. The molecule has 0 radical (unpaired) electrons. The Morgan fingerprint density at radius 1 is 1.20 bits per heavy atom. The normalized spacial score (nSPS) is 27.0. The number of anilines is 1. The van der Waals surface area contributed by atoms with Crippen LogP contribution in [0.4, 0.5) is 18.9 Å². The number of halogens is 3. The fourth-order valence-electron chi connectivity index (χ4n) is 6.26. The fourth-order valence-corrected chi connectivity index (χ4v) is 6.26. The third kappa shape index (κ3) is 4.53. The highest BCUT2D eigenvalue weighted by atomic mass is 19.4. The number of benzene rings is 1. The average Bonchev–Trinajstić information content (AvgIpc) is 2.84. The van der Waals surface area contributed by atoms with Crippen molar-refractivity contribution in [1.29, 1.82) is 0 Å². The molecule has 224 valence electrons. The Morgan fingerprint density at radius 3 is 2.32 bits per heavy atom. The Labute approximate surface area is 233 Å². The highest BCUT2D eigenvalue weighted by molar-refractivity contribution is 6.24. The maximum Gasteiger partial charge on any atom is 0.403 e. The first kappa shape index (κ1) is 30.3. The number of hydrogen-bond acceptors (Lipinski definition) is 10. The number of fused-ring (bicyclic) bond motifs is 3. The van der Waals surface area contributed by atoms with Gasteiger partial charge in [-0.25, -0.2) is 0 Å². The number of carbonyl (C=O) groups is 3. The Hall–Kier alpha value is -3.62. The van der Waals surface area contributed by atoms with Gasteiger partial charge in [-0.2, -0.15) is 13.2 Å². The summed E-state index contributed by atoms with van der Waals surface area (Å²) in [7, 11) is 6.34. The summed E-state index contributed by atoms with van der Waals surface area (Å²) in [6, 6.07) is -1.63. The van der Waals surface area contributed by atoms with Gasteiger partial charge in [0.2, 0.25) is 5.78 Å². The Bertz CT molecular complexity index is 1400. The molecule has 7 N–H and O–H groups in total. The number of phenols is 1. The van der Waals surface area contributed by atoms with Gasteiger partial charge in [0.15, 0.2) is 11.4 Å². The van der Waals surface area contributed by atoms with Gasteiger partial charge < -0.3 is 36.4 Å². The molecule has 14 heteroatoms. The molecule has 5 atom stereocenters. The molecule has 1 aromatic rings. The van der Waals surface area contributed by atoms with Gasteiger partial charge in [-0.1, -0.05) is 0 Å². The number of aliphatic hydroxyl groups is 3. The van der Waals surface area contributed by atoms with Crippen molar-refractivity contribution in [2.24, 2.45) is 17.6 Å². The molecule has 0 bridgehead atoms. The summed E-state index contributed by atoms with van der Waals surface area (Å²) in [5, 5.41) is 47.5. The summed E-state index contributed by atoms with van der Waals surface area (Å²) in [6.45, 7) is 0.491. The van der Waals surface area contributed by atoms with Gasteiger partial charge in [-0.05, 0) is 51.4 Å². The molecule has 0 spiro atoms. The van der Waals surface area contributed by atoms with E-state index in [0.29, 0.717) is 11.3 Å². The molecular formula is C27H33F3N4O7. The molecule has 1 fully saturated rings. The van der Waals surface area contributed by atoms with Crippen molar-refractivity contribution in [3.05, 3.63) is 39.7 Å².